The van der Waals surface area contributed by atoms with Crippen molar-refractivity contribution in [1.29, 1.82) is 0 Å². The second-order valence-corrected chi connectivity index (χ2v) is 9.90. The summed E-state index contributed by atoms with van der Waals surface area (Å²) in [6.07, 6.45) is -4.65. The van der Waals surface area contributed by atoms with Crippen LogP contribution in [0.2, 0.25) is 10.0 Å². The van der Waals surface area contributed by atoms with E-state index in [9.17, 15) is 28.1 Å². The molecule has 1 aliphatic heterocycles. The maximum absolute atomic E-state index is 13.9. The largest absolute Gasteiger partial charge is 0.444 e. The number of carbonyl (C=O) groups excluding carboxylic acids is 1. The van der Waals surface area contributed by atoms with Gasteiger partial charge in [0, 0.05) is 24.7 Å². The Morgan fingerprint density at radius 2 is 1.71 bits per heavy atom. The SMILES string of the molecule is CC(C)(C)OC(=O)N1CCC(c2cc(-c3ccc(Cl)c(Cl)c3)c(C(F)(F)F)cc2[N+](=O)[O-])CC1. The van der Waals surface area contributed by atoms with E-state index in [2.05, 4.69) is 0 Å². The number of carbonyl (C=O) groups is 1. The van der Waals surface area contributed by atoms with Gasteiger partial charge in [0.25, 0.3) is 5.69 Å². The standard InChI is InChI=1S/C23H23Cl2F3N2O4/c1-22(2,3)34-21(31)29-8-6-13(7-9-29)16-11-15(14-4-5-18(24)19(25)10-14)17(23(26,27)28)12-20(16)30(32)33/h4-5,10-13H,6-9H2,1-3H3. The van der Waals surface area contributed by atoms with Crippen LogP contribution in [0.15, 0.2) is 30.3 Å². The molecule has 0 saturated carbocycles. The Kier molecular flexibility index (Phi) is 7.38. The number of benzene rings is 2. The highest BCUT2D eigenvalue weighted by molar-refractivity contribution is 6.42. The number of amides is 1. The molecule has 184 valence electrons. The van der Waals surface area contributed by atoms with E-state index in [-0.39, 0.29) is 39.8 Å². The van der Waals surface area contributed by atoms with Crippen molar-refractivity contribution in [1.82, 2.24) is 4.90 Å². The Morgan fingerprint density at radius 1 is 1.09 bits per heavy atom. The van der Waals surface area contributed by atoms with Crippen molar-refractivity contribution >= 4 is 35.0 Å². The van der Waals surface area contributed by atoms with Crippen LogP contribution in [0.1, 0.15) is 50.7 Å². The van der Waals surface area contributed by atoms with Crippen LogP contribution in [-0.4, -0.2) is 34.6 Å². The number of alkyl halides is 3. The van der Waals surface area contributed by atoms with E-state index < -0.39 is 40.0 Å². The minimum absolute atomic E-state index is 0.0675. The number of nitro benzene ring substituents is 1. The van der Waals surface area contributed by atoms with E-state index in [1.807, 2.05) is 0 Å². The summed E-state index contributed by atoms with van der Waals surface area (Å²) < 4.78 is 47.0. The smallest absolute Gasteiger partial charge is 0.417 e. The molecule has 0 radical (unpaired) electrons. The van der Waals surface area contributed by atoms with E-state index in [0.29, 0.717) is 18.9 Å². The fourth-order valence-corrected chi connectivity index (χ4v) is 4.22. The van der Waals surface area contributed by atoms with Crippen LogP contribution in [0.4, 0.5) is 23.7 Å². The Hall–Kier alpha value is -2.52. The molecule has 2 aromatic carbocycles. The zero-order valence-corrected chi connectivity index (χ0v) is 20.2. The van der Waals surface area contributed by atoms with Gasteiger partial charge >= 0.3 is 12.3 Å². The highest BCUT2D eigenvalue weighted by atomic mass is 35.5. The summed E-state index contributed by atoms with van der Waals surface area (Å²) in [6, 6.07) is 5.86. The van der Waals surface area contributed by atoms with E-state index in [1.54, 1.807) is 20.8 Å². The Morgan fingerprint density at radius 3 is 2.21 bits per heavy atom. The molecule has 0 bridgehead atoms. The third kappa shape index (κ3) is 5.93. The molecule has 1 saturated heterocycles. The van der Waals surface area contributed by atoms with E-state index in [1.165, 1.54) is 29.2 Å². The van der Waals surface area contributed by atoms with Gasteiger partial charge in [-0.2, -0.15) is 13.2 Å². The molecule has 2 aromatic rings. The van der Waals surface area contributed by atoms with Gasteiger partial charge in [-0.15, -0.1) is 0 Å². The first-order valence-corrected chi connectivity index (χ1v) is 11.3. The molecule has 1 fully saturated rings. The van der Waals surface area contributed by atoms with Crippen LogP contribution in [0.3, 0.4) is 0 Å². The molecule has 34 heavy (non-hydrogen) atoms. The zero-order chi connectivity index (χ0) is 25.4. The number of halogens is 5. The topological polar surface area (TPSA) is 72.7 Å². The summed E-state index contributed by atoms with van der Waals surface area (Å²) in [5, 5.41) is 12.0. The number of rotatable bonds is 3. The van der Waals surface area contributed by atoms with Gasteiger partial charge in [0.05, 0.1) is 20.5 Å². The van der Waals surface area contributed by atoms with Gasteiger partial charge in [-0.05, 0) is 68.9 Å². The van der Waals surface area contributed by atoms with Crippen LogP contribution in [0.25, 0.3) is 11.1 Å². The number of piperidine rings is 1. The van der Waals surface area contributed by atoms with Gasteiger partial charge in [0.1, 0.15) is 5.60 Å². The number of likely N-dealkylation sites (tertiary alicyclic amines) is 1. The molecular formula is C23H23Cl2F3N2O4. The van der Waals surface area contributed by atoms with Gasteiger partial charge in [0.2, 0.25) is 0 Å². The number of nitrogens with zero attached hydrogens (tertiary/aromatic N) is 2. The van der Waals surface area contributed by atoms with E-state index in [4.69, 9.17) is 27.9 Å². The number of hydrogen-bond donors (Lipinski definition) is 0. The van der Waals surface area contributed by atoms with Gasteiger partial charge in [-0.1, -0.05) is 29.3 Å². The molecule has 3 rings (SSSR count). The van der Waals surface area contributed by atoms with Crippen LogP contribution in [0, 0.1) is 10.1 Å². The molecular weight excluding hydrogens is 496 g/mol. The van der Waals surface area contributed by atoms with Crippen LogP contribution in [-0.2, 0) is 10.9 Å². The first kappa shape index (κ1) is 26.1. The monoisotopic (exact) mass is 518 g/mol. The first-order chi connectivity index (χ1) is 15.7. The molecule has 0 aliphatic carbocycles. The van der Waals surface area contributed by atoms with Crippen molar-refractivity contribution in [2.24, 2.45) is 0 Å². The molecule has 1 aliphatic rings. The highest BCUT2D eigenvalue weighted by Gasteiger charge is 2.38. The fraction of sp³-hybridized carbons (Fsp3) is 0.435. The summed E-state index contributed by atoms with van der Waals surface area (Å²) in [5.41, 5.74) is -2.30. The molecule has 0 spiro atoms. The molecule has 6 nitrogen and oxygen atoms in total. The lowest BCUT2D eigenvalue weighted by Crippen LogP contribution is -2.41. The van der Waals surface area contributed by atoms with Crippen LogP contribution >= 0.6 is 23.2 Å². The fourth-order valence-electron chi connectivity index (χ4n) is 3.93. The first-order valence-electron chi connectivity index (χ1n) is 10.5. The van der Waals surface area contributed by atoms with Gasteiger partial charge in [0.15, 0.2) is 0 Å². The van der Waals surface area contributed by atoms with Crippen LogP contribution < -0.4 is 0 Å². The van der Waals surface area contributed by atoms with Crippen molar-refractivity contribution in [2.45, 2.75) is 51.3 Å². The van der Waals surface area contributed by atoms with Gasteiger partial charge in [-0.3, -0.25) is 10.1 Å². The van der Waals surface area contributed by atoms with Crippen molar-refractivity contribution in [3.05, 3.63) is 61.6 Å². The lowest BCUT2D eigenvalue weighted by molar-refractivity contribution is -0.386. The molecule has 11 heteroatoms. The predicted octanol–water partition coefficient (Wildman–Crippen LogP) is 7.70. The summed E-state index contributed by atoms with van der Waals surface area (Å²) in [6.45, 7) is 5.76. The quantitative estimate of drug-likeness (QED) is 0.308. The molecule has 1 amide bonds. The van der Waals surface area contributed by atoms with Crippen LogP contribution in [0.5, 0.6) is 0 Å². The summed E-state index contributed by atoms with van der Waals surface area (Å²) in [7, 11) is 0. The molecule has 0 N–H and O–H groups in total. The average Bonchev–Trinajstić information content (AvgIpc) is 2.73. The maximum Gasteiger partial charge on any atom is 0.417 e. The summed E-state index contributed by atoms with van der Waals surface area (Å²) in [4.78, 5) is 24.8. The van der Waals surface area contributed by atoms with Crippen molar-refractivity contribution in [2.75, 3.05) is 13.1 Å². The summed E-state index contributed by atoms with van der Waals surface area (Å²) >= 11 is 11.9. The maximum atomic E-state index is 13.9. The molecule has 0 aromatic heterocycles. The minimum atomic E-state index is -4.83. The normalized spacial score (nSPS) is 15.4. The lowest BCUT2D eigenvalue weighted by Gasteiger charge is -2.33. The number of ether oxygens (including phenoxy) is 1. The number of hydrogen-bond acceptors (Lipinski definition) is 4. The Labute approximate surface area is 204 Å². The van der Waals surface area contributed by atoms with Gasteiger partial charge < -0.3 is 9.64 Å². The van der Waals surface area contributed by atoms with Crippen molar-refractivity contribution in [3.8, 4) is 11.1 Å². The van der Waals surface area contributed by atoms with E-state index in [0.717, 1.165) is 0 Å². The Balaban J connectivity index is 2.01. The number of nitro groups is 1. The molecule has 0 unspecified atom stereocenters. The zero-order valence-electron chi connectivity index (χ0n) is 18.7. The molecule has 0 atom stereocenters. The van der Waals surface area contributed by atoms with Crippen molar-refractivity contribution < 1.29 is 27.6 Å². The van der Waals surface area contributed by atoms with Crippen molar-refractivity contribution in [3.63, 3.8) is 0 Å². The minimum Gasteiger partial charge on any atom is -0.444 e. The lowest BCUT2D eigenvalue weighted by atomic mass is 9.85. The van der Waals surface area contributed by atoms with Gasteiger partial charge in [-0.25, -0.2) is 4.79 Å². The third-order valence-corrected chi connectivity index (χ3v) is 6.23. The predicted molar refractivity (Wildman–Crippen MR) is 123 cm³/mol. The second-order valence-electron chi connectivity index (χ2n) is 9.08. The average molecular weight is 519 g/mol. The Bertz CT molecular complexity index is 1110. The van der Waals surface area contributed by atoms with E-state index >= 15 is 0 Å². The summed E-state index contributed by atoms with van der Waals surface area (Å²) in [5.74, 6) is -0.414. The molecule has 1 heterocycles. The highest BCUT2D eigenvalue weighted by Crippen LogP contribution is 2.45. The second kappa shape index (κ2) is 9.62. The third-order valence-electron chi connectivity index (χ3n) is 5.49.